The third kappa shape index (κ3) is 3.05. The second-order valence-corrected chi connectivity index (χ2v) is 7.34. The number of aromatic nitrogens is 1. The number of aryl methyl sites for hydroxylation is 1. The molecule has 2 unspecified atom stereocenters. The summed E-state index contributed by atoms with van der Waals surface area (Å²) >= 11 is 0. The summed E-state index contributed by atoms with van der Waals surface area (Å²) in [6, 6.07) is 14.2. The average molecular weight is 343 g/mol. The number of piperidine rings is 1. The van der Waals surface area contributed by atoms with E-state index >= 15 is 0 Å². The molecule has 4 heteroatoms. The van der Waals surface area contributed by atoms with Crippen molar-refractivity contribution in [2.75, 3.05) is 4.90 Å². The fourth-order valence-electron chi connectivity index (χ4n) is 4.27. The minimum Gasteiger partial charge on any atom is -0.377 e. The lowest BCUT2D eigenvalue weighted by Gasteiger charge is -2.42. The number of nitrogens with zero attached hydrogens (tertiary/aromatic N) is 3. The highest BCUT2D eigenvalue weighted by Crippen LogP contribution is 2.43. The van der Waals surface area contributed by atoms with E-state index in [4.69, 9.17) is 0 Å². The average Bonchev–Trinajstić information content (AvgIpc) is 2.92. The van der Waals surface area contributed by atoms with Crippen LogP contribution in [-0.2, 0) is 0 Å². The molecule has 2 aliphatic rings. The Labute approximate surface area is 154 Å². The Bertz CT molecular complexity index is 920. The van der Waals surface area contributed by atoms with Crippen LogP contribution in [-0.4, -0.2) is 27.8 Å². The summed E-state index contributed by atoms with van der Waals surface area (Å²) in [5.41, 5.74) is 1.72. The summed E-state index contributed by atoms with van der Waals surface area (Å²) in [7, 11) is 0. The molecule has 2 fully saturated rings. The molecule has 2 bridgehead atoms. The summed E-state index contributed by atoms with van der Waals surface area (Å²) in [5.74, 6) is 7.04. The number of anilines is 1. The fourth-order valence-corrected chi connectivity index (χ4v) is 4.27. The Balaban J connectivity index is 1.60. The third-order valence-electron chi connectivity index (χ3n) is 5.38. The first-order valence-electron chi connectivity index (χ1n) is 9.04. The molecule has 130 valence electrons. The van der Waals surface area contributed by atoms with Gasteiger partial charge >= 0.3 is 0 Å². The van der Waals surface area contributed by atoms with E-state index in [1.54, 1.807) is 18.3 Å². The van der Waals surface area contributed by atoms with Gasteiger partial charge in [0.2, 0.25) is 0 Å². The highest BCUT2D eigenvalue weighted by molar-refractivity contribution is 5.57. The Morgan fingerprint density at radius 3 is 2.65 bits per heavy atom. The van der Waals surface area contributed by atoms with Gasteiger partial charge in [0.15, 0.2) is 0 Å². The molecule has 1 N–H and O–H groups in total. The van der Waals surface area contributed by atoms with Crippen molar-refractivity contribution in [1.82, 2.24) is 4.98 Å². The Morgan fingerprint density at radius 1 is 1.19 bits per heavy atom. The molecule has 4 rings (SSSR count). The van der Waals surface area contributed by atoms with Crippen LogP contribution < -0.4 is 4.90 Å². The van der Waals surface area contributed by atoms with E-state index in [2.05, 4.69) is 27.8 Å². The van der Waals surface area contributed by atoms with Gasteiger partial charge in [-0.1, -0.05) is 24.0 Å². The van der Waals surface area contributed by atoms with Crippen LogP contribution in [0.1, 0.15) is 42.4 Å². The van der Waals surface area contributed by atoms with Crippen LogP contribution >= 0.6 is 0 Å². The zero-order valence-corrected chi connectivity index (χ0v) is 14.8. The summed E-state index contributed by atoms with van der Waals surface area (Å²) < 4.78 is 0. The minimum atomic E-state index is -0.979. The molecule has 2 aliphatic heterocycles. The van der Waals surface area contributed by atoms with Gasteiger partial charge in [-0.25, -0.2) is 4.98 Å². The maximum Gasteiger partial charge on any atom is 0.146 e. The number of pyridine rings is 1. The molecular weight excluding hydrogens is 322 g/mol. The van der Waals surface area contributed by atoms with Gasteiger partial charge in [0, 0.05) is 36.7 Å². The highest BCUT2D eigenvalue weighted by atomic mass is 16.3. The van der Waals surface area contributed by atoms with Gasteiger partial charge in [0.05, 0.1) is 5.56 Å². The predicted molar refractivity (Wildman–Crippen MR) is 100 cm³/mol. The number of hydrogen-bond acceptors (Lipinski definition) is 4. The second-order valence-electron chi connectivity index (χ2n) is 7.34. The van der Waals surface area contributed by atoms with Crippen molar-refractivity contribution >= 4 is 5.82 Å². The van der Waals surface area contributed by atoms with Crippen molar-refractivity contribution in [2.45, 2.75) is 50.3 Å². The van der Waals surface area contributed by atoms with Gasteiger partial charge in [0.25, 0.3) is 0 Å². The first-order chi connectivity index (χ1) is 12.6. The van der Waals surface area contributed by atoms with Crippen LogP contribution in [0.4, 0.5) is 5.82 Å². The zero-order chi connectivity index (χ0) is 18.1. The number of benzene rings is 1. The van der Waals surface area contributed by atoms with Crippen molar-refractivity contribution in [2.24, 2.45) is 0 Å². The SMILES string of the molecule is Cc1cccc(C#CC2(O)CC3CCC(C2)N3c2ncccc2C#N)c1. The van der Waals surface area contributed by atoms with Crippen LogP contribution in [0.3, 0.4) is 0 Å². The van der Waals surface area contributed by atoms with Crippen molar-refractivity contribution in [3.05, 3.63) is 59.3 Å². The first kappa shape index (κ1) is 16.6. The lowest BCUT2D eigenvalue weighted by Crippen LogP contribution is -2.51. The van der Waals surface area contributed by atoms with Gasteiger partial charge in [-0.2, -0.15) is 5.26 Å². The number of aliphatic hydroxyl groups is 1. The molecule has 2 atom stereocenters. The zero-order valence-electron chi connectivity index (χ0n) is 14.8. The summed E-state index contributed by atoms with van der Waals surface area (Å²) in [6.45, 7) is 2.04. The molecule has 2 aromatic rings. The lowest BCUT2D eigenvalue weighted by atomic mass is 9.86. The summed E-state index contributed by atoms with van der Waals surface area (Å²) in [6.07, 6.45) is 4.91. The maximum atomic E-state index is 11.1. The molecule has 0 aliphatic carbocycles. The second kappa shape index (κ2) is 6.48. The third-order valence-corrected chi connectivity index (χ3v) is 5.38. The van der Waals surface area contributed by atoms with Gasteiger partial charge in [-0.15, -0.1) is 0 Å². The van der Waals surface area contributed by atoms with Crippen LogP contribution in [0.5, 0.6) is 0 Å². The molecule has 0 spiro atoms. The maximum absolute atomic E-state index is 11.1. The fraction of sp³-hybridized carbons (Fsp3) is 0.364. The van der Waals surface area contributed by atoms with Crippen molar-refractivity contribution in [1.29, 1.82) is 5.26 Å². The van der Waals surface area contributed by atoms with E-state index in [0.29, 0.717) is 18.4 Å². The quantitative estimate of drug-likeness (QED) is 0.808. The molecule has 0 saturated carbocycles. The van der Waals surface area contributed by atoms with Crippen LogP contribution in [0, 0.1) is 30.1 Å². The molecule has 1 aromatic heterocycles. The van der Waals surface area contributed by atoms with Crippen molar-refractivity contribution in [3.8, 4) is 17.9 Å². The Hall–Kier alpha value is -2.82. The molecule has 1 aromatic carbocycles. The van der Waals surface area contributed by atoms with Crippen LogP contribution in [0.25, 0.3) is 0 Å². The number of hydrogen-bond donors (Lipinski definition) is 1. The normalized spacial score (nSPS) is 26.7. The van der Waals surface area contributed by atoms with Crippen LogP contribution in [0.2, 0.25) is 0 Å². The predicted octanol–water partition coefficient (Wildman–Crippen LogP) is 3.18. The number of fused-ring (bicyclic) bond motifs is 2. The summed E-state index contributed by atoms with van der Waals surface area (Å²) in [4.78, 5) is 6.69. The standard InChI is InChI=1S/C22H21N3O/c1-16-4-2-5-17(12-16)9-10-22(26)13-19-7-8-20(14-22)25(19)21-18(15-23)6-3-11-24-21/h2-6,11-12,19-20,26H,7-8,13-14H2,1H3. The Morgan fingerprint density at radius 2 is 1.96 bits per heavy atom. The smallest absolute Gasteiger partial charge is 0.146 e. The molecule has 26 heavy (non-hydrogen) atoms. The molecule has 3 heterocycles. The van der Waals surface area contributed by atoms with Gasteiger partial charge < -0.3 is 10.0 Å². The van der Waals surface area contributed by atoms with Crippen LogP contribution in [0.15, 0.2) is 42.6 Å². The first-order valence-corrected chi connectivity index (χ1v) is 9.04. The lowest BCUT2D eigenvalue weighted by molar-refractivity contribution is 0.0577. The molecular formula is C22H21N3O. The minimum absolute atomic E-state index is 0.174. The summed E-state index contributed by atoms with van der Waals surface area (Å²) in [5, 5.41) is 20.5. The van der Waals surface area contributed by atoms with E-state index in [1.165, 1.54) is 0 Å². The number of nitriles is 1. The molecule has 0 radical (unpaired) electrons. The topological polar surface area (TPSA) is 60.1 Å². The van der Waals surface area contributed by atoms with E-state index < -0.39 is 5.60 Å². The largest absolute Gasteiger partial charge is 0.377 e. The molecule has 4 nitrogen and oxygen atoms in total. The molecule has 2 saturated heterocycles. The van der Waals surface area contributed by atoms with E-state index in [-0.39, 0.29) is 12.1 Å². The van der Waals surface area contributed by atoms with Gasteiger partial charge in [0.1, 0.15) is 17.5 Å². The van der Waals surface area contributed by atoms with E-state index in [9.17, 15) is 10.4 Å². The Kier molecular flexibility index (Phi) is 4.15. The van der Waals surface area contributed by atoms with Crippen molar-refractivity contribution in [3.63, 3.8) is 0 Å². The van der Waals surface area contributed by atoms with E-state index in [0.717, 1.165) is 29.8 Å². The van der Waals surface area contributed by atoms with E-state index in [1.807, 2.05) is 31.2 Å². The van der Waals surface area contributed by atoms with Crippen molar-refractivity contribution < 1.29 is 5.11 Å². The monoisotopic (exact) mass is 343 g/mol. The molecule has 0 amide bonds. The number of rotatable bonds is 1. The highest BCUT2D eigenvalue weighted by Gasteiger charge is 2.47. The van der Waals surface area contributed by atoms with Gasteiger partial charge in [-0.3, -0.25) is 0 Å². The van der Waals surface area contributed by atoms with Gasteiger partial charge in [-0.05, 0) is 49.6 Å².